The maximum Gasteiger partial charge on any atom is 0.138 e. The molecule has 0 bridgehead atoms. The van der Waals surface area contributed by atoms with Crippen molar-refractivity contribution >= 4 is 5.78 Å². The van der Waals surface area contributed by atoms with Gasteiger partial charge in [0, 0.05) is 18.9 Å². The van der Waals surface area contributed by atoms with Crippen LogP contribution < -0.4 is 0 Å². The molecule has 0 aromatic carbocycles. The zero-order chi connectivity index (χ0) is 7.56. The third kappa shape index (κ3) is 1.81. The van der Waals surface area contributed by atoms with Crippen LogP contribution in [0, 0.1) is 5.92 Å². The van der Waals surface area contributed by atoms with Crippen LogP contribution >= 0.6 is 0 Å². The predicted molar refractivity (Wildman–Crippen MR) is 38.8 cm³/mol. The summed E-state index contributed by atoms with van der Waals surface area (Å²) in [5.74, 6) is 0.494. The molecular weight excluding hydrogens is 128 g/mol. The van der Waals surface area contributed by atoms with Crippen molar-refractivity contribution < 1.29 is 9.53 Å². The number of Topliss-reactive ketones (excluding diaryl/α,β-unsaturated/α-hetero) is 1. The van der Waals surface area contributed by atoms with Crippen LogP contribution in [0.1, 0.15) is 26.7 Å². The van der Waals surface area contributed by atoms with Crippen LogP contribution in [-0.2, 0) is 9.53 Å². The monoisotopic (exact) mass is 142 g/mol. The number of hydrogen-bond donors (Lipinski definition) is 0. The lowest BCUT2D eigenvalue weighted by Crippen LogP contribution is -2.30. The second-order valence-corrected chi connectivity index (χ2v) is 3.11. The van der Waals surface area contributed by atoms with Crippen molar-refractivity contribution in [3.05, 3.63) is 0 Å². The molecule has 0 radical (unpaired) electrons. The Balaban J connectivity index is 2.17. The molecule has 1 atom stereocenters. The van der Waals surface area contributed by atoms with Crippen LogP contribution in [-0.4, -0.2) is 18.5 Å². The third-order valence-electron chi connectivity index (χ3n) is 1.87. The molecule has 58 valence electrons. The van der Waals surface area contributed by atoms with Crippen molar-refractivity contribution in [1.29, 1.82) is 0 Å². The Labute approximate surface area is 61.6 Å². The fourth-order valence-electron chi connectivity index (χ4n) is 0.906. The quantitative estimate of drug-likeness (QED) is 0.595. The third-order valence-corrected chi connectivity index (χ3v) is 1.87. The van der Waals surface area contributed by atoms with Gasteiger partial charge in [-0.25, -0.2) is 0 Å². The van der Waals surface area contributed by atoms with Crippen molar-refractivity contribution in [1.82, 2.24) is 0 Å². The van der Waals surface area contributed by atoms with E-state index in [1.54, 1.807) is 0 Å². The maximum absolute atomic E-state index is 11.1. The summed E-state index contributed by atoms with van der Waals surface area (Å²) in [5, 5.41) is 0. The number of ether oxygens (including phenoxy) is 1. The van der Waals surface area contributed by atoms with Gasteiger partial charge < -0.3 is 4.74 Å². The summed E-state index contributed by atoms with van der Waals surface area (Å²) in [5.41, 5.74) is 0. The summed E-state index contributed by atoms with van der Waals surface area (Å²) in [7, 11) is 0. The van der Waals surface area contributed by atoms with Gasteiger partial charge in [0.25, 0.3) is 0 Å². The minimum absolute atomic E-state index is 0.171. The van der Waals surface area contributed by atoms with E-state index in [0.29, 0.717) is 12.2 Å². The number of carbonyl (C=O) groups excluding carboxylic acids is 1. The zero-order valence-electron chi connectivity index (χ0n) is 6.59. The van der Waals surface area contributed by atoms with Crippen LogP contribution in [0.2, 0.25) is 0 Å². The summed E-state index contributed by atoms with van der Waals surface area (Å²) in [4.78, 5) is 11.1. The first-order chi connectivity index (χ1) is 4.70. The lowest BCUT2D eigenvalue weighted by Gasteiger charge is -2.26. The molecule has 1 aliphatic rings. The lowest BCUT2D eigenvalue weighted by atomic mass is 10.00. The zero-order valence-corrected chi connectivity index (χ0v) is 6.59. The minimum Gasteiger partial charge on any atom is -0.378 e. The molecule has 1 aliphatic heterocycles. The van der Waals surface area contributed by atoms with E-state index in [4.69, 9.17) is 4.74 Å². The van der Waals surface area contributed by atoms with Crippen LogP contribution in [0.15, 0.2) is 0 Å². The van der Waals surface area contributed by atoms with Gasteiger partial charge in [-0.1, -0.05) is 13.8 Å². The molecule has 0 amide bonds. The Bertz CT molecular complexity index is 125. The number of carbonyl (C=O) groups is 1. The molecule has 0 saturated carbocycles. The molecule has 1 rings (SSSR count). The van der Waals surface area contributed by atoms with E-state index >= 15 is 0 Å². The average Bonchev–Trinajstić information content (AvgIpc) is 1.77. The van der Waals surface area contributed by atoms with E-state index in [1.165, 1.54) is 0 Å². The molecule has 0 aromatic rings. The first kappa shape index (κ1) is 7.73. The van der Waals surface area contributed by atoms with Crippen molar-refractivity contribution in [3.63, 3.8) is 0 Å². The molecule has 1 fully saturated rings. The average molecular weight is 142 g/mol. The fourth-order valence-corrected chi connectivity index (χ4v) is 0.906. The van der Waals surface area contributed by atoms with Gasteiger partial charge in [0.15, 0.2) is 0 Å². The maximum atomic E-state index is 11.1. The highest BCUT2D eigenvalue weighted by atomic mass is 16.5. The second kappa shape index (κ2) is 3.15. The largest absolute Gasteiger partial charge is 0.378 e. The number of hydrogen-bond acceptors (Lipinski definition) is 2. The van der Waals surface area contributed by atoms with Crippen molar-refractivity contribution in [2.24, 2.45) is 5.92 Å². The molecule has 2 heteroatoms. The van der Waals surface area contributed by atoms with Crippen molar-refractivity contribution in [3.8, 4) is 0 Å². The van der Waals surface area contributed by atoms with Gasteiger partial charge in [-0.3, -0.25) is 4.79 Å². The summed E-state index contributed by atoms with van der Waals surface area (Å²) in [6.45, 7) is 4.71. The highest BCUT2D eigenvalue weighted by Gasteiger charge is 2.22. The van der Waals surface area contributed by atoms with Gasteiger partial charge in [0.1, 0.15) is 5.78 Å². The molecule has 0 aliphatic carbocycles. The summed E-state index contributed by atoms with van der Waals surface area (Å²) in [6.07, 6.45) is 1.94. The van der Waals surface area contributed by atoms with Gasteiger partial charge in [-0.15, -0.1) is 0 Å². The fraction of sp³-hybridized carbons (Fsp3) is 0.875. The van der Waals surface area contributed by atoms with Crippen LogP contribution in [0.25, 0.3) is 0 Å². The van der Waals surface area contributed by atoms with Gasteiger partial charge in [0.2, 0.25) is 0 Å². The normalized spacial score (nSPS) is 24.5. The molecule has 1 saturated heterocycles. The van der Waals surface area contributed by atoms with Crippen LogP contribution in [0.3, 0.4) is 0 Å². The van der Waals surface area contributed by atoms with Crippen LogP contribution in [0.4, 0.5) is 0 Å². The molecule has 2 nitrogen and oxygen atoms in total. The number of ketones is 1. The highest BCUT2D eigenvalue weighted by Crippen LogP contribution is 2.16. The molecule has 0 N–H and O–H groups in total. The first-order valence-electron chi connectivity index (χ1n) is 3.84. The smallest absolute Gasteiger partial charge is 0.138 e. The molecule has 1 unspecified atom stereocenters. The Kier molecular flexibility index (Phi) is 2.44. The van der Waals surface area contributed by atoms with E-state index in [0.717, 1.165) is 13.0 Å². The molecule has 10 heavy (non-hydrogen) atoms. The number of rotatable bonds is 3. The van der Waals surface area contributed by atoms with E-state index in [9.17, 15) is 4.79 Å². The van der Waals surface area contributed by atoms with Crippen molar-refractivity contribution in [2.45, 2.75) is 32.8 Å². The Morgan fingerprint density at radius 2 is 2.30 bits per heavy atom. The minimum atomic E-state index is 0.171. The van der Waals surface area contributed by atoms with Gasteiger partial charge in [0.05, 0.1) is 6.10 Å². The molecular formula is C8H14O2. The first-order valence-corrected chi connectivity index (χ1v) is 3.84. The van der Waals surface area contributed by atoms with E-state index < -0.39 is 0 Å². The topological polar surface area (TPSA) is 26.3 Å². The predicted octanol–water partition coefficient (Wildman–Crippen LogP) is 1.39. The molecule has 0 aromatic heterocycles. The standard InChI is InChI=1S/C8H14O2/c1-6(2)8(9)5-7-3-4-10-7/h6-7H,3-5H2,1-2H3. The van der Waals surface area contributed by atoms with E-state index in [2.05, 4.69) is 0 Å². The SMILES string of the molecule is CC(C)C(=O)CC1CCO1. The lowest BCUT2D eigenvalue weighted by molar-refractivity contribution is -0.129. The highest BCUT2D eigenvalue weighted by molar-refractivity contribution is 5.80. The Hall–Kier alpha value is -0.370. The van der Waals surface area contributed by atoms with E-state index in [1.807, 2.05) is 13.8 Å². The van der Waals surface area contributed by atoms with Crippen molar-refractivity contribution in [2.75, 3.05) is 6.61 Å². The van der Waals surface area contributed by atoms with Crippen LogP contribution in [0.5, 0.6) is 0 Å². The Morgan fingerprint density at radius 1 is 1.70 bits per heavy atom. The van der Waals surface area contributed by atoms with E-state index in [-0.39, 0.29) is 12.0 Å². The summed E-state index contributed by atoms with van der Waals surface area (Å²) < 4.78 is 5.13. The molecule has 1 heterocycles. The summed E-state index contributed by atoms with van der Waals surface area (Å²) >= 11 is 0. The summed E-state index contributed by atoms with van der Waals surface area (Å²) in [6, 6.07) is 0. The van der Waals surface area contributed by atoms with Gasteiger partial charge in [-0.05, 0) is 6.42 Å². The second-order valence-electron chi connectivity index (χ2n) is 3.11. The molecule has 0 spiro atoms. The Morgan fingerprint density at radius 3 is 2.60 bits per heavy atom. The van der Waals surface area contributed by atoms with Gasteiger partial charge >= 0.3 is 0 Å². The van der Waals surface area contributed by atoms with Gasteiger partial charge in [-0.2, -0.15) is 0 Å².